The van der Waals surface area contributed by atoms with Gasteiger partial charge < -0.3 is 11.1 Å². The molecule has 1 atom stereocenters. The second-order valence-electron chi connectivity index (χ2n) is 8.36. The third kappa shape index (κ3) is 4.30. The Bertz CT molecular complexity index is 1810. The number of anilines is 1. The first-order chi connectivity index (χ1) is 17.8. The molecule has 1 amide bonds. The summed E-state index contributed by atoms with van der Waals surface area (Å²) in [6.45, 7) is 3.32. The number of carbonyl (C=O) groups is 1. The molecule has 0 bridgehead atoms. The maximum absolute atomic E-state index is 13.9. The summed E-state index contributed by atoms with van der Waals surface area (Å²) in [5, 5.41) is 15.0. The summed E-state index contributed by atoms with van der Waals surface area (Å²) >= 11 is 0. The Kier molecular flexibility index (Phi) is 5.95. The van der Waals surface area contributed by atoms with Crippen molar-refractivity contribution >= 4 is 34.0 Å². The van der Waals surface area contributed by atoms with Gasteiger partial charge in [-0.1, -0.05) is 30.2 Å². The van der Waals surface area contributed by atoms with E-state index in [0.29, 0.717) is 33.6 Å². The Morgan fingerprint density at radius 3 is 2.68 bits per heavy atom. The molecule has 10 heteroatoms. The summed E-state index contributed by atoms with van der Waals surface area (Å²) in [5.41, 5.74) is 7.82. The van der Waals surface area contributed by atoms with Crippen molar-refractivity contribution in [3.05, 3.63) is 94.3 Å². The van der Waals surface area contributed by atoms with Crippen molar-refractivity contribution in [1.29, 1.82) is 5.41 Å². The molecule has 0 aliphatic rings. The van der Waals surface area contributed by atoms with Gasteiger partial charge in [0.2, 0.25) is 0 Å². The molecule has 3 aromatic heterocycles. The molecule has 182 valence electrons. The van der Waals surface area contributed by atoms with E-state index in [9.17, 15) is 9.59 Å². The minimum atomic E-state index is -0.693. The number of carbonyl (C=O) groups excluding carboxylic acids is 1. The third-order valence-electron chi connectivity index (χ3n) is 5.71. The van der Waals surface area contributed by atoms with Crippen LogP contribution in [0, 0.1) is 17.3 Å². The largest absolute Gasteiger partial charge is 0.381 e. The number of hydrogen-bond acceptors (Lipinski definition) is 7. The number of para-hydroxylation sites is 1. The van der Waals surface area contributed by atoms with Crippen LogP contribution in [0.5, 0.6) is 0 Å². The Morgan fingerprint density at radius 2 is 1.92 bits per heavy atom. The molecule has 1 unspecified atom stereocenters. The Balaban J connectivity index is 1.66. The first-order valence-electron chi connectivity index (χ1n) is 11.4. The summed E-state index contributed by atoms with van der Waals surface area (Å²) in [6.07, 6.45) is 3.20. The molecule has 5 rings (SSSR count). The van der Waals surface area contributed by atoms with Gasteiger partial charge in [-0.15, -0.1) is 5.10 Å². The molecular formula is C27H22N8O2. The molecule has 0 saturated carbocycles. The zero-order valence-corrected chi connectivity index (χ0v) is 20.1. The van der Waals surface area contributed by atoms with Gasteiger partial charge in [0.25, 0.3) is 11.5 Å². The number of hydrogen-bond donors (Lipinski definition) is 3. The number of nitrogens with two attached hydrogens (primary N) is 1. The fourth-order valence-electron chi connectivity index (χ4n) is 4.08. The quantitative estimate of drug-likeness (QED) is 0.261. The molecule has 10 nitrogen and oxygen atoms in total. The maximum Gasteiger partial charge on any atom is 0.267 e. The van der Waals surface area contributed by atoms with Crippen molar-refractivity contribution in [2.24, 2.45) is 0 Å². The highest BCUT2D eigenvalue weighted by Gasteiger charge is 2.24. The lowest BCUT2D eigenvalue weighted by molar-refractivity contribution is 0.0940. The first kappa shape index (κ1) is 23.4. The second kappa shape index (κ2) is 9.39. The molecule has 0 radical (unpaired) electrons. The molecule has 0 spiro atoms. The van der Waals surface area contributed by atoms with Crippen LogP contribution >= 0.6 is 0 Å². The van der Waals surface area contributed by atoms with Gasteiger partial charge in [0.15, 0.2) is 11.5 Å². The number of fused-ring (bicyclic) bond motifs is 2. The van der Waals surface area contributed by atoms with Crippen molar-refractivity contribution in [3.63, 3.8) is 0 Å². The average molecular weight is 491 g/mol. The molecule has 37 heavy (non-hydrogen) atoms. The van der Waals surface area contributed by atoms with E-state index in [1.807, 2.05) is 18.2 Å². The van der Waals surface area contributed by atoms with Crippen molar-refractivity contribution in [2.45, 2.75) is 19.9 Å². The van der Waals surface area contributed by atoms with Gasteiger partial charge in [0.1, 0.15) is 11.4 Å². The molecule has 0 aliphatic carbocycles. The van der Waals surface area contributed by atoms with E-state index in [0.717, 1.165) is 0 Å². The van der Waals surface area contributed by atoms with Crippen molar-refractivity contribution < 1.29 is 4.79 Å². The standard InChI is InChI=1S/C27H22N8O2/c1-16(28)12-13-18-8-6-11-20-21(18)27(37)35(19-9-4-3-5-10-19)24(32-20)17(2)31-26(36)22-23(29)33-34-15-7-14-30-25(22)34/h3-11,14-15,17,28H,1-2H3,(H2,29,33)(H,31,36). The van der Waals surface area contributed by atoms with Gasteiger partial charge in [-0.2, -0.15) is 0 Å². The minimum absolute atomic E-state index is 0.0417. The number of nitrogen functional groups attached to an aromatic ring is 1. The molecule has 0 aliphatic heterocycles. The molecule has 2 aromatic carbocycles. The maximum atomic E-state index is 13.9. The van der Waals surface area contributed by atoms with Crippen LogP contribution < -0.4 is 16.6 Å². The summed E-state index contributed by atoms with van der Waals surface area (Å²) in [5.74, 6) is 5.49. The number of benzene rings is 2. The smallest absolute Gasteiger partial charge is 0.267 e. The van der Waals surface area contributed by atoms with Crippen LogP contribution in [0.15, 0.2) is 71.8 Å². The minimum Gasteiger partial charge on any atom is -0.381 e. The van der Waals surface area contributed by atoms with E-state index in [4.69, 9.17) is 16.1 Å². The summed E-state index contributed by atoms with van der Waals surface area (Å²) in [4.78, 5) is 36.2. The van der Waals surface area contributed by atoms with E-state index in [1.165, 1.54) is 9.08 Å². The van der Waals surface area contributed by atoms with E-state index < -0.39 is 11.9 Å². The van der Waals surface area contributed by atoms with Crippen LogP contribution in [0.2, 0.25) is 0 Å². The molecule has 4 N–H and O–H groups in total. The van der Waals surface area contributed by atoms with Gasteiger partial charge in [-0.3, -0.25) is 19.6 Å². The normalized spacial score (nSPS) is 11.6. The Hall–Kier alpha value is -5.30. The van der Waals surface area contributed by atoms with Crippen LogP contribution in [0.25, 0.3) is 22.2 Å². The predicted octanol–water partition coefficient (Wildman–Crippen LogP) is 2.89. The van der Waals surface area contributed by atoms with Crippen molar-refractivity contribution in [2.75, 3.05) is 5.73 Å². The van der Waals surface area contributed by atoms with E-state index in [1.54, 1.807) is 62.6 Å². The Morgan fingerprint density at radius 1 is 1.14 bits per heavy atom. The fourth-order valence-corrected chi connectivity index (χ4v) is 4.08. The van der Waals surface area contributed by atoms with Crippen LogP contribution in [0.1, 0.15) is 41.6 Å². The van der Waals surface area contributed by atoms with Gasteiger partial charge in [-0.05, 0) is 50.1 Å². The monoisotopic (exact) mass is 490 g/mol. The van der Waals surface area contributed by atoms with Crippen LogP contribution in [0.3, 0.4) is 0 Å². The zero-order chi connectivity index (χ0) is 26.1. The lowest BCUT2D eigenvalue weighted by Gasteiger charge is -2.20. The van der Waals surface area contributed by atoms with E-state index in [2.05, 4.69) is 27.2 Å². The molecule has 3 heterocycles. The number of nitrogens with zero attached hydrogens (tertiary/aromatic N) is 5. The predicted molar refractivity (Wildman–Crippen MR) is 141 cm³/mol. The third-order valence-corrected chi connectivity index (χ3v) is 5.71. The lowest BCUT2D eigenvalue weighted by Crippen LogP contribution is -2.33. The SMILES string of the molecule is CC(=N)C#Cc1cccc2nc(C(C)NC(=O)c3c(N)nn4cccnc34)n(-c3ccccc3)c(=O)c12. The fraction of sp³-hybridized carbons (Fsp3) is 0.111. The van der Waals surface area contributed by atoms with Gasteiger partial charge >= 0.3 is 0 Å². The summed E-state index contributed by atoms with van der Waals surface area (Å²) < 4.78 is 2.90. The topological polar surface area (TPSA) is 144 Å². The average Bonchev–Trinajstić information content (AvgIpc) is 3.23. The molecule has 0 saturated heterocycles. The van der Waals surface area contributed by atoms with Crippen LogP contribution in [-0.4, -0.2) is 35.8 Å². The van der Waals surface area contributed by atoms with Gasteiger partial charge in [0, 0.05) is 18.0 Å². The van der Waals surface area contributed by atoms with Crippen molar-refractivity contribution in [1.82, 2.24) is 29.5 Å². The van der Waals surface area contributed by atoms with E-state index in [-0.39, 0.29) is 22.7 Å². The van der Waals surface area contributed by atoms with Crippen molar-refractivity contribution in [3.8, 4) is 17.5 Å². The van der Waals surface area contributed by atoms with E-state index >= 15 is 0 Å². The Labute approximate surface area is 211 Å². The van der Waals surface area contributed by atoms with Gasteiger partial charge in [-0.25, -0.2) is 14.5 Å². The van der Waals surface area contributed by atoms with Crippen LogP contribution in [0.4, 0.5) is 5.82 Å². The number of nitrogens with one attached hydrogen (secondary N) is 2. The number of aromatic nitrogens is 5. The summed E-state index contributed by atoms with van der Waals surface area (Å²) in [7, 11) is 0. The second-order valence-corrected chi connectivity index (χ2v) is 8.36. The highest BCUT2D eigenvalue weighted by molar-refractivity contribution is 6.04. The van der Waals surface area contributed by atoms with Gasteiger partial charge in [0.05, 0.1) is 28.3 Å². The number of rotatable bonds is 4. The molecular weight excluding hydrogens is 468 g/mol. The number of amides is 1. The lowest BCUT2D eigenvalue weighted by atomic mass is 10.1. The molecule has 0 fully saturated rings. The highest BCUT2D eigenvalue weighted by atomic mass is 16.2. The molecule has 5 aromatic rings. The van der Waals surface area contributed by atoms with Crippen LogP contribution in [-0.2, 0) is 0 Å². The highest BCUT2D eigenvalue weighted by Crippen LogP contribution is 2.22. The first-order valence-corrected chi connectivity index (χ1v) is 11.4. The zero-order valence-electron chi connectivity index (χ0n) is 20.1. The summed E-state index contributed by atoms with van der Waals surface area (Å²) in [6, 6.07) is 15.2.